The minimum absolute atomic E-state index is 0.182. The van der Waals surface area contributed by atoms with E-state index in [1.165, 1.54) is 24.3 Å². The smallest absolute Gasteiger partial charge is 0.123 e. The fraction of sp³-hybridized carbons (Fsp3) is 0.440. The number of likely N-dealkylation sites (N-methyl/N-ethyl adjacent to an activating group) is 1. The number of rotatable bonds is 7. The van der Waals surface area contributed by atoms with Crippen LogP contribution in [0, 0.1) is 11.6 Å². The van der Waals surface area contributed by atoms with Gasteiger partial charge in [0, 0.05) is 11.7 Å². The first-order valence-electron chi connectivity index (χ1n) is 11.0. The van der Waals surface area contributed by atoms with E-state index in [1.54, 1.807) is 31.4 Å². The Morgan fingerprint density at radius 3 is 2.12 bits per heavy atom. The number of aliphatic hydroxyl groups is 1. The maximum absolute atomic E-state index is 13.6. The topological polar surface area (TPSA) is 54.0 Å². The fourth-order valence-corrected chi connectivity index (χ4v) is 5.08. The molecule has 2 bridgehead atoms. The number of halogens is 2. The number of piperidine rings is 1. The van der Waals surface area contributed by atoms with E-state index in [4.69, 9.17) is 9.57 Å². The van der Waals surface area contributed by atoms with Crippen LogP contribution in [0.3, 0.4) is 0 Å². The van der Waals surface area contributed by atoms with E-state index in [0.717, 1.165) is 22.4 Å². The fourth-order valence-electron chi connectivity index (χ4n) is 5.08. The molecule has 2 heterocycles. The van der Waals surface area contributed by atoms with Crippen molar-refractivity contribution in [3.8, 4) is 0 Å². The third-order valence-electron chi connectivity index (χ3n) is 6.62. The summed E-state index contributed by atoms with van der Waals surface area (Å²) >= 11 is 0. The molecule has 0 amide bonds. The molecule has 5 nitrogen and oxygen atoms in total. The van der Waals surface area contributed by atoms with Gasteiger partial charge in [0.15, 0.2) is 0 Å². The molecule has 172 valence electrons. The molecule has 0 spiro atoms. The zero-order valence-corrected chi connectivity index (χ0v) is 18.6. The molecule has 0 radical (unpaired) electrons. The Hall–Kier alpha value is -2.32. The molecule has 32 heavy (non-hydrogen) atoms. The van der Waals surface area contributed by atoms with E-state index >= 15 is 0 Å². The van der Waals surface area contributed by atoms with Gasteiger partial charge in [-0.1, -0.05) is 31.2 Å². The Bertz CT molecular complexity index is 903. The van der Waals surface area contributed by atoms with Gasteiger partial charge in [0.25, 0.3) is 0 Å². The normalized spacial score (nSPS) is 27.1. The van der Waals surface area contributed by atoms with Crippen LogP contribution in [0.5, 0.6) is 0 Å². The van der Waals surface area contributed by atoms with E-state index in [1.807, 2.05) is 14.0 Å². The minimum Gasteiger partial charge on any atom is -0.391 e. The molecule has 2 aromatic rings. The maximum Gasteiger partial charge on any atom is 0.123 e. The predicted molar refractivity (Wildman–Crippen MR) is 118 cm³/mol. The van der Waals surface area contributed by atoms with E-state index < -0.39 is 12.2 Å². The summed E-state index contributed by atoms with van der Waals surface area (Å²) < 4.78 is 33.9. The summed E-state index contributed by atoms with van der Waals surface area (Å²) in [5.41, 5.74) is 6.39. The molecule has 2 unspecified atom stereocenters. The molecule has 0 aliphatic carbocycles. The molecule has 4 atom stereocenters. The highest BCUT2D eigenvalue weighted by molar-refractivity contribution is 5.34. The number of nitrogens with zero attached hydrogens (tertiary/aromatic N) is 1. The Morgan fingerprint density at radius 2 is 1.62 bits per heavy atom. The van der Waals surface area contributed by atoms with Crippen LogP contribution >= 0.6 is 0 Å². The minimum atomic E-state index is -0.517. The number of aliphatic hydroxyl groups excluding tert-OH is 1. The van der Waals surface area contributed by atoms with Crippen molar-refractivity contribution in [1.82, 2.24) is 10.4 Å². The van der Waals surface area contributed by atoms with Gasteiger partial charge in [-0.05, 0) is 67.3 Å². The number of hydrogen-bond acceptors (Lipinski definition) is 5. The van der Waals surface area contributed by atoms with Gasteiger partial charge >= 0.3 is 0 Å². The highest BCUT2D eigenvalue weighted by atomic mass is 19.1. The average Bonchev–Trinajstić information content (AvgIpc) is 2.96. The second-order valence-corrected chi connectivity index (χ2v) is 8.50. The largest absolute Gasteiger partial charge is 0.391 e. The number of hydroxylamine groups is 1. The van der Waals surface area contributed by atoms with Crippen molar-refractivity contribution in [3.63, 3.8) is 0 Å². The lowest BCUT2D eigenvalue weighted by Gasteiger charge is -2.41. The van der Waals surface area contributed by atoms with Gasteiger partial charge in [0.2, 0.25) is 0 Å². The van der Waals surface area contributed by atoms with Crippen molar-refractivity contribution in [2.75, 3.05) is 14.2 Å². The number of benzene rings is 2. The lowest BCUT2D eigenvalue weighted by Crippen LogP contribution is -2.48. The molecule has 2 aromatic carbocycles. The van der Waals surface area contributed by atoms with Crippen molar-refractivity contribution in [1.29, 1.82) is 0 Å². The van der Waals surface area contributed by atoms with E-state index in [0.29, 0.717) is 19.3 Å². The van der Waals surface area contributed by atoms with Crippen LogP contribution in [0.2, 0.25) is 0 Å². The van der Waals surface area contributed by atoms with Crippen LogP contribution in [0.15, 0.2) is 59.8 Å². The van der Waals surface area contributed by atoms with Crippen LogP contribution in [0.25, 0.3) is 0 Å². The average molecular weight is 445 g/mol. The van der Waals surface area contributed by atoms with Crippen molar-refractivity contribution < 1.29 is 23.5 Å². The van der Waals surface area contributed by atoms with Crippen LogP contribution in [0.1, 0.15) is 43.4 Å². The highest BCUT2D eigenvalue weighted by Crippen LogP contribution is 2.43. The van der Waals surface area contributed by atoms with Crippen molar-refractivity contribution in [3.05, 3.63) is 82.6 Å². The molecule has 2 saturated heterocycles. The molecule has 4 rings (SSSR count). The Morgan fingerprint density at radius 1 is 1.06 bits per heavy atom. The summed E-state index contributed by atoms with van der Waals surface area (Å²) in [6.07, 6.45) is 0.749. The molecule has 0 aromatic heterocycles. The van der Waals surface area contributed by atoms with Crippen LogP contribution in [0.4, 0.5) is 8.78 Å². The number of ether oxygens (including phenoxy) is 1. The standard InChI is InChI=1S/C25H30F2N2O3/c1-4-20(28-31-3)23-22(14-19-13-21(30)24(23)29(19)2)32-25(15-5-9-17(26)10-6-15)16-7-11-18(27)12-8-16/h5-12,19,21-22,24-25,28,30H,4,13-14H2,1-3H3/t19?,21?,22-,24+/m1/s1. The van der Waals surface area contributed by atoms with E-state index in [2.05, 4.69) is 10.4 Å². The molecule has 0 saturated carbocycles. The SMILES string of the molecule is CCC(NOC)=C1[C@@H]2C(O)CC(C[C@H]1OC(c1ccc(F)cc1)c1ccc(F)cc1)N2C. The number of nitrogens with one attached hydrogen (secondary N) is 1. The Kier molecular flexibility index (Phi) is 6.90. The Balaban J connectivity index is 1.75. The van der Waals surface area contributed by atoms with Crippen molar-refractivity contribution >= 4 is 0 Å². The quantitative estimate of drug-likeness (QED) is 0.630. The van der Waals surface area contributed by atoms with Gasteiger partial charge in [-0.15, -0.1) is 0 Å². The molecule has 2 aliphatic rings. The highest BCUT2D eigenvalue weighted by Gasteiger charge is 2.49. The summed E-state index contributed by atoms with van der Waals surface area (Å²) in [6.45, 7) is 2.02. The van der Waals surface area contributed by atoms with Crippen LogP contribution < -0.4 is 5.48 Å². The lowest BCUT2D eigenvalue weighted by atomic mass is 9.90. The number of fused-ring (bicyclic) bond motifs is 2. The van der Waals surface area contributed by atoms with Crippen LogP contribution in [-0.2, 0) is 9.57 Å². The predicted octanol–water partition coefficient (Wildman–Crippen LogP) is 4.09. The first-order chi connectivity index (χ1) is 15.4. The molecule has 2 aliphatic heterocycles. The third-order valence-corrected chi connectivity index (χ3v) is 6.62. The van der Waals surface area contributed by atoms with Gasteiger partial charge < -0.3 is 9.84 Å². The first kappa shape index (κ1) is 22.9. The third kappa shape index (κ3) is 4.43. The lowest BCUT2D eigenvalue weighted by molar-refractivity contribution is -0.0162. The molecular formula is C25H30F2N2O3. The molecule has 7 heteroatoms. The van der Waals surface area contributed by atoms with Gasteiger partial charge in [-0.2, -0.15) is 0 Å². The summed E-state index contributed by atoms with van der Waals surface area (Å²) in [4.78, 5) is 7.43. The summed E-state index contributed by atoms with van der Waals surface area (Å²) in [5.74, 6) is -0.657. The first-order valence-corrected chi connectivity index (χ1v) is 11.0. The van der Waals surface area contributed by atoms with Crippen LogP contribution in [-0.4, -0.2) is 48.5 Å². The summed E-state index contributed by atoms with van der Waals surface area (Å²) in [7, 11) is 3.59. The maximum atomic E-state index is 13.6. The molecular weight excluding hydrogens is 414 g/mol. The second kappa shape index (κ2) is 9.67. The number of hydrogen-bond donors (Lipinski definition) is 2. The summed E-state index contributed by atoms with van der Waals surface area (Å²) in [5, 5.41) is 10.8. The Labute approximate surface area is 187 Å². The van der Waals surface area contributed by atoms with Gasteiger partial charge in [-0.3, -0.25) is 15.2 Å². The van der Waals surface area contributed by atoms with Crippen molar-refractivity contribution in [2.24, 2.45) is 0 Å². The van der Waals surface area contributed by atoms with Gasteiger partial charge in [-0.25, -0.2) is 8.78 Å². The van der Waals surface area contributed by atoms with Gasteiger partial charge in [0.1, 0.15) is 17.7 Å². The summed E-state index contributed by atoms with van der Waals surface area (Å²) in [6, 6.07) is 12.4. The zero-order chi connectivity index (χ0) is 22.8. The molecule has 2 N–H and O–H groups in total. The second-order valence-electron chi connectivity index (χ2n) is 8.50. The monoisotopic (exact) mass is 444 g/mol. The zero-order valence-electron chi connectivity index (χ0n) is 18.6. The van der Waals surface area contributed by atoms with E-state index in [-0.39, 0.29) is 29.8 Å². The van der Waals surface area contributed by atoms with E-state index in [9.17, 15) is 13.9 Å². The molecule has 2 fully saturated rings. The van der Waals surface area contributed by atoms with Crippen molar-refractivity contribution in [2.45, 2.75) is 56.6 Å². The van der Waals surface area contributed by atoms with Gasteiger partial charge in [0.05, 0.1) is 25.4 Å². The number of allylic oxidation sites excluding steroid dienone is 1.